The van der Waals surface area contributed by atoms with Crippen LogP contribution in [0.1, 0.15) is 78.4 Å². The van der Waals surface area contributed by atoms with Crippen LogP contribution < -0.4 is 4.74 Å². The van der Waals surface area contributed by atoms with Crippen molar-refractivity contribution in [3.63, 3.8) is 0 Å². The average Bonchev–Trinajstić information content (AvgIpc) is 2.93. The highest BCUT2D eigenvalue weighted by Gasteiger charge is 2.31. The van der Waals surface area contributed by atoms with Gasteiger partial charge in [0.25, 0.3) is 0 Å². The molecule has 2 atom stereocenters. The van der Waals surface area contributed by atoms with E-state index < -0.39 is 23.8 Å². The maximum Gasteiger partial charge on any atom is 0.573 e. The highest BCUT2D eigenvalue weighted by Crippen LogP contribution is 2.30. The molecule has 0 amide bonds. The average molecular weight is 577 g/mol. The van der Waals surface area contributed by atoms with E-state index in [2.05, 4.69) is 4.74 Å². The van der Waals surface area contributed by atoms with Crippen molar-refractivity contribution in [2.45, 2.75) is 77.0 Å². The summed E-state index contributed by atoms with van der Waals surface area (Å²) in [4.78, 5) is 13.7. The predicted molar refractivity (Wildman–Crippen MR) is 145 cm³/mol. The van der Waals surface area contributed by atoms with E-state index in [0.717, 1.165) is 55.7 Å². The number of ketones is 1. The van der Waals surface area contributed by atoms with Crippen LogP contribution in [0.2, 0.25) is 0 Å². The minimum atomic E-state index is -4.76. The van der Waals surface area contributed by atoms with Crippen LogP contribution in [0.4, 0.5) is 26.3 Å². The molecule has 1 aliphatic carbocycles. The Morgan fingerprint density at radius 2 is 1.44 bits per heavy atom. The van der Waals surface area contributed by atoms with Gasteiger partial charge in [-0.15, -0.1) is 13.2 Å². The number of Topliss-reactive ketones (excluding diaryl/α,β-unsaturated/α-hetero) is 1. The molecule has 3 aromatic rings. The van der Waals surface area contributed by atoms with Crippen molar-refractivity contribution in [1.29, 1.82) is 0 Å². The molecule has 0 saturated heterocycles. The number of ether oxygens (including phenoxy) is 1. The Balaban J connectivity index is 1.47. The summed E-state index contributed by atoms with van der Waals surface area (Å²) in [5, 5.41) is 0. The summed E-state index contributed by atoms with van der Waals surface area (Å²) in [6, 6.07) is 14.0. The number of aryl methyl sites for hydroxylation is 2. The zero-order chi connectivity index (χ0) is 29.4. The lowest BCUT2D eigenvalue weighted by atomic mass is 9.85. The first-order valence-electron chi connectivity index (χ1n) is 14.2. The fourth-order valence-electron chi connectivity index (χ4n) is 5.76. The highest BCUT2D eigenvalue weighted by atomic mass is 19.4. The molecule has 0 bridgehead atoms. The molecular weight excluding hydrogens is 542 g/mol. The van der Waals surface area contributed by atoms with Gasteiger partial charge in [0.15, 0.2) is 17.4 Å². The number of hydrogen-bond acceptors (Lipinski definition) is 2. The second kappa shape index (κ2) is 14.1. The molecule has 0 aliphatic heterocycles. The molecule has 2 nitrogen and oxygen atoms in total. The summed E-state index contributed by atoms with van der Waals surface area (Å²) in [5.74, 6) is -2.49. The molecule has 1 aliphatic rings. The fraction of sp³-hybridized carbons (Fsp3) is 0.424. The second-order valence-corrected chi connectivity index (χ2v) is 10.9. The van der Waals surface area contributed by atoms with Gasteiger partial charge in [-0.05, 0) is 104 Å². The van der Waals surface area contributed by atoms with Crippen LogP contribution in [0.3, 0.4) is 0 Å². The summed E-state index contributed by atoms with van der Waals surface area (Å²) in [7, 11) is 0. The summed E-state index contributed by atoms with van der Waals surface area (Å²) < 4.78 is 82.8. The van der Waals surface area contributed by atoms with Gasteiger partial charge in [0.1, 0.15) is 11.6 Å². The summed E-state index contributed by atoms with van der Waals surface area (Å²) in [5.41, 5.74) is 2.76. The van der Waals surface area contributed by atoms with Crippen LogP contribution in [-0.4, -0.2) is 12.1 Å². The standard InChI is InChI=1S/C33H34F6O2/c34-27-14-17-29-26(21-27)8-4-2-6-23(19-24-12-18-30(35)31(36)20-24)5-1-3-7-25(32(29)40)13-9-22-10-15-28(16-11-22)41-33(37,38)39/h10-12,14-18,20-21,23,25H,1-9,13,19H2. The molecule has 0 heterocycles. The van der Waals surface area contributed by atoms with Crippen molar-refractivity contribution < 1.29 is 35.9 Å². The van der Waals surface area contributed by atoms with E-state index in [1.165, 1.54) is 30.3 Å². The van der Waals surface area contributed by atoms with Gasteiger partial charge in [0, 0.05) is 11.5 Å². The number of benzene rings is 3. The van der Waals surface area contributed by atoms with Crippen LogP contribution in [0.15, 0.2) is 60.7 Å². The number of fused-ring (bicyclic) bond motifs is 1. The topological polar surface area (TPSA) is 26.3 Å². The zero-order valence-corrected chi connectivity index (χ0v) is 22.8. The molecule has 0 aromatic heterocycles. The first-order valence-corrected chi connectivity index (χ1v) is 14.2. The maximum atomic E-state index is 14.2. The highest BCUT2D eigenvalue weighted by molar-refractivity contribution is 5.99. The first kappa shape index (κ1) is 30.7. The van der Waals surface area contributed by atoms with Gasteiger partial charge in [-0.25, -0.2) is 13.2 Å². The number of carbonyl (C=O) groups is 1. The molecule has 2 unspecified atom stereocenters. The van der Waals surface area contributed by atoms with Crippen molar-refractivity contribution in [2.75, 3.05) is 0 Å². The number of carbonyl (C=O) groups excluding carboxylic acids is 1. The molecule has 8 heteroatoms. The number of rotatable bonds is 6. The molecule has 0 radical (unpaired) electrons. The third-order valence-electron chi connectivity index (χ3n) is 7.87. The Bertz CT molecular complexity index is 1300. The lowest BCUT2D eigenvalue weighted by Crippen LogP contribution is -2.18. The summed E-state index contributed by atoms with van der Waals surface area (Å²) >= 11 is 0. The van der Waals surface area contributed by atoms with E-state index in [4.69, 9.17) is 0 Å². The summed E-state index contributed by atoms with van der Waals surface area (Å²) in [6.07, 6.45) is 3.17. The SMILES string of the molecule is O=C1c2ccc(F)cc2CCCCC(Cc2ccc(F)c(F)c2)CCCCC1CCc1ccc(OC(F)(F)F)cc1. The Labute approximate surface area is 236 Å². The normalized spacial score (nSPS) is 19.0. The monoisotopic (exact) mass is 576 g/mol. The predicted octanol–water partition coefficient (Wildman–Crippen LogP) is 9.58. The second-order valence-electron chi connectivity index (χ2n) is 10.9. The Morgan fingerprint density at radius 1 is 0.756 bits per heavy atom. The Kier molecular flexibility index (Phi) is 10.5. The minimum Gasteiger partial charge on any atom is -0.406 e. The van der Waals surface area contributed by atoms with Crippen molar-refractivity contribution in [2.24, 2.45) is 11.8 Å². The van der Waals surface area contributed by atoms with Crippen LogP contribution in [0.25, 0.3) is 0 Å². The molecule has 4 rings (SSSR count). The quantitative estimate of drug-likeness (QED) is 0.273. The van der Waals surface area contributed by atoms with Crippen molar-refractivity contribution >= 4 is 5.78 Å². The van der Waals surface area contributed by atoms with Gasteiger partial charge in [-0.1, -0.05) is 50.3 Å². The van der Waals surface area contributed by atoms with Gasteiger partial charge in [0.05, 0.1) is 0 Å². The van der Waals surface area contributed by atoms with Gasteiger partial charge in [0.2, 0.25) is 0 Å². The van der Waals surface area contributed by atoms with E-state index in [-0.39, 0.29) is 23.4 Å². The van der Waals surface area contributed by atoms with Crippen LogP contribution in [-0.2, 0) is 19.3 Å². The van der Waals surface area contributed by atoms with E-state index >= 15 is 0 Å². The number of alkyl halides is 3. The molecule has 0 spiro atoms. The fourth-order valence-corrected chi connectivity index (χ4v) is 5.76. The molecular formula is C33H34F6O2. The van der Waals surface area contributed by atoms with Crippen molar-refractivity contribution in [1.82, 2.24) is 0 Å². The molecule has 0 fully saturated rings. The Morgan fingerprint density at radius 3 is 2.15 bits per heavy atom. The van der Waals surface area contributed by atoms with E-state index in [9.17, 15) is 31.1 Å². The number of hydrogen-bond donors (Lipinski definition) is 0. The largest absolute Gasteiger partial charge is 0.573 e. The van der Waals surface area contributed by atoms with E-state index in [1.54, 1.807) is 24.3 Å². The molecule has 3 aromatic carbocycles. The minimum absolute atomic E-state index is 0.0328. The third-order valence-corrected chi connectivity index (χ3v) is 7.87. The van der Waals surface area contributed by atoms with Gasteiger partial charge in [-0.2, -0.15) is 0 Å². The molecule has 0 N–H and O–H groups in total. The third kappa shape index (κ3) is 9.37. The van der Waals surface area contributed by atoms with Gasteiger partial charge in [-0.3, -0.25) is 4.79 Å². The van der Waals surface area contributed by atoms with Crippen LogP contribution in [0, 0.1) is 29.3 Å². The Hall–Kier alpha value is -3.29. The van der Waals surface area contributed by atoms with Crippen molar-refractivity contribution in [3.05, 3.63) is 100 Å². The lowest BCUT2D eigenvalue weighted by Gasteiger charge is -2.19. The number of halogens is 6. The van der Waals surface area contributed by atoms with Crippen LogP contribution >= 0.6 is 0 Å². The van der Waals surface area contributed by atoms with Gasteiger partial charge < -0.3 is 4.74 Å². The summed E-state index contributed by atoms with van der Waals surface area (Å²) in [6.45, 7) is 0. The van der Waals surface area contributed by atoms with Crippen molar-refractivity contribution in [3.8, 4) is 5.75 Å². The van der Waals surface area contributed by atoms with Gasteiger partial charge >= 0.3 is 6.36 Å². The molecule has 220 valence electrons. The van der Waals surface area contributed by atoms with E-state index in [0.29, 0.717) is 43.2 Å². The molecule has 41 heavy (non-hydrogen) atoms. The lowest BCUT2D eigenvalue weighted by molar-refractivity contribution is -0.274. The first-order chi connectivity index (χ1) is 19.6. The smallest absolute Gasteiger partial charge is 0.406 e. The zero-order valence-electron chi connectivity index (χ0n) is 22.8. The van der Waals surface area contributed by atoms with Crippen LogP contribution in [0.5, 0.6) is 5.75 Å². The molecule has 0 saturated carbocycles. The maximum absolute atomic E-state index is 14.2. The van der Waals surface area contributed by atoms with E-state index in [1.807, 2.05) is 0 Å².